The van der Waals surface area contributed by atoms with Gasteiger partial charge in [-0.2, -0.15) is 5.10 Å². The van der Waals surface area contributed by atoms with Crippen LogP contribution in [0.4, 0.5) is 5.69 Å². The summed E-state index contributed by atoms with van der Waals surface area (Å²) in [4.78, 5) is 23.7. The van der Waals surface area contributed by atoms with E-state index in [-0.39, 0.29) is 6.42 Å². The summed E-state index contributed by atoms with van der Waals surface area (Å²) in [6, 6.07) is 14.8. The van der Waals surface area contributed by atoms with Gasteiger partial charge in [-0.25, -0.2) is 5.43 Å². The number of anilines is 1. The number of hydrazone groups is 1. The number of nitrogens with one attached hydrogen (secondary N) is 2. The van der Waals surface area contributed by atoms with Crippen LogP contribution in [0, 0.1) is 0 Å². The molecule has 2 N–H and O–H groups in total. The predicted octanol–water partition coefficient (Wildman–Crippen LogP) is 3.30. The van der Waals surface area contributed by atoms with Gasteiger partial charge in [0.15, 0.2) is 0 Å². The van der Waals surface area contributed by atoms with Gasteiger partial charge in [-0.15, -0.1) is 0 Å². The van der Waals surface area contributed by atoms with Gasteiger partial charge in [-0.05, 0) is 29.2 Å². The van der Waals surface area contributed by atoms with Gasteiger partial charge >= 0.3 is 0 Å². The number of carbonyl (C=O) groups excluding carboxylic acids is 2. The molecule has 0 spiro atoms. The second-order valence-electron chi connectivity index (χ2n) is 6.07. The maximum absolute atomic E-state index is 11.9. The molecule has 6 heteroatoms. The van der Waals surface area contributed by atoms with Crippen molar-refractivity contribution in [2.75, 3.05) is 12.4 Å². The molecular weight excluding hydrogens is 330 g/mol. The van der Waals surface area contributed by atoms with Gasteiger partial charge in [0.1, 0.15) is 12.2 Å². The van der Waals surface area contributed by atoms with E-state index in [0.717, 1.165) is 5.56 Å². The zero-order valence-electron chi connectivity index (χ0n) is 15.2. The van der Waals surface area contributed by atoms with Crippen molar-refractivity contribution in [1.29, 1.82) is 0 Å². The topological polar surface area (TPSA) is 79.8 Å². The van der Waals surface area contributed by atoms with Crippen molar-refractivity contribution in [3.8, 4) is 5.75 Å². The van der Waals surface area contributed by atoms with Gasteiger partial charge < -0.3 is 10.1 Å². The van der Waals surface area contributed by atoms with Gasteiger partial charge in [0.2, 0.25) is 11.8 Å². The molecule has 2 aromatic carbocycles. The Morgan fingerprint density at radius 1 is 1.12 bits per heavy atom. The lowest BCUT2D eigenvalue weighted by molar-refractivity contribution is -0.126. The van der Waals surface area contributed by atoms with Gasteiger partial charge in [0.05, 0.1) is 13.3 Å². The van der Waals surface area contributed by atoms with Gasteiger partial charge in [-0.1, -0.05) is 44.2 Å². The van der Waals surface area contributed by atoms with Crippen LogP contribution >= 0.6 is 0 Å². The molecule has 0 unspecified atom stereocenters. The fraction of sp³-hybridized carbons (Fsp3) is 0.250. The van der Waals surface area contributed by atoms with Gasteiger partial charge in [0.25, 0.3) is 0 Å². The lowest BCUT2D eigenvalue weighted by Gasteiger charge is -2.06. The molecule has 0 bridgehead atoms. The van der Waals surface area contributed by atoms with E-state index in [9.17, 15) is 9.59 Å². The van der Waals surface area contributed by atoms with E-state index < -0.39 is 11.8 Å². The Bertz CT molecular complexity index is 783. The highest BCUT2D eigenvalue weighted by Gasteiger charge is 2.09. The molecule has 0 aliphatic heterocycles. The summed E-state index contributed by atoms with van der Waals surface area (Å²) < 4.78 is 5.08. The number of amides is 2. The third-order valence-corrected chi connectivity index (χ3v) is 3.68. The van der Waals surface area contributed by atoms with Crippen LogP contribution < -0.4 is 15.5 Å². The minimum absolute atomic E-state index is 0.319. The summed E-state index contributed by atoms with van der Waals surface area (Å²) in [6.45, 7) is 4.25. The van der Waals surface area contributed by atoms with Gasteiger partial charge in [-0.3, -0.25) is 9.59 Å². The smallest absolute Gasteiger partial charge is 0.249 e. The molecule has 0 heterocycles. The Balaban J connectivity index is 1.81. The molecular formula is C20H23N3O3. The van der Waals surface area contributed by atoms with Crippen molar-refractivity contribution < 1.29 is 14.3 Å². The maximum Gasteiger partial charge on any atom is 0.249 e. The van der Waals surface area contributed by atoms with Crippen molar-refractivity contribution in [3.63, 3.8) is 0 Å². The van der Waals surface area contributed by atoms with Crippen molar-refractivity contribution in [2.24, 2.45) is 5.10 Å². The summed E-state index contributed by atoms with van der Waals surface area (Å²) in [6.07, 6.45) is 1.23. The fourth-order valence-corrected chi connectivity index (χ4v) is 2.24. The van der Waals surface area contributed by atoms with Gasteiger partial charge in [0, 0.05) is 11.8 Å². The number of ether oxygens (including phenoxy) is 1. The van der Waals surface area contributed by atoms with Crippen molar-refractivity contribution in [3.05, 3.63) is 59.7 Å². The Morgan fingerprint density at radius 2 is 1.85 bits per heavy atom. The zero-order valence-corrected chi connectivity index (χ0v) is 15.2. The number of hydrogen-bond acceptors (Lipinski definition) is 4. The first kappa shape index (κ1) is 19.2. The number of methoxy groups -OCH3 is 1. The van der Waals surface area contributed by atoms with E-state index in [1.54, 1.807) is 37.6 Å². The molecule has 6 nitrogen and oxygen atoms in total. The average Bonchev–Trinajstić information content (AvgIpc) is 2.62. The molecule has 0 atom stereocenters. The molecule has 26 heavy (non-hydrogen) atoms. The number of nitrogens with zero attached hydrogens (tertiary/aromatic N) is 1. The molecule has 0 saturated heterocycles. The lowest BCUT2D eigenvalue weighted by atomic mass is 10.0. The average molecular weight is 353 g/mol. The zero-order chi connectivity index (χ0) is 18.9. The van der Waals surface area contributed by atoms with Crippen LogP contribution in [0.15, 0.2) is 53.6 Å². The Hall–Kier alpha value is -3.15. The molecule has 0 aromatic heterocycles. The molecule has 0 saturated carbocycles. The summed E-state index contributed by atoms with van der Waals surface area (Å²) in [7, 11) is 1.54. The maximum atomic E-state index is 11.9. The first-order valence-electron chi connectivity index (χ1n) is 8.33. The SMILES string of the molecule is COc1cccc(NC(=O)CC(=O)NN=Cc2ccc(C(C)C)cc2)c1. The minimum atomic E-state index is -0.486. The van der Waals surface area contributed by atoms with E-state index in [4.69, 9.17) is 4.74 Å². The monoisotopic (exact) mass is 353 g/mol. The highest BCUT2D eigenvalue weighted by molar-refractivity contribution is 6.03. The van der Waals surface area contributed by atoms with Crippen LogP contribution in [0.5, 0.6) is 5.75 Å². The number of benzene rings is 2. The van der Waals surface area contributed by atoms with E-state index in [2.05, 4.69) is 29.7 Å². The van der Waals surface area contributed by atoms with Crippen molar-refractivity contribution >= 4 is 23.7 Å². The molecule has 2 aromatic rings. The first-order chi connectivity index (χ1) is 12.5. The third kappa shape index (κ3) is 6.05. The number of rotatable bonds is 7. The highest BCUT2D eigenvalue weighted by Crippen LogP contribution is 2.16. The second kappa shape index (κ2) is 9.36. The molecule has 2 rings (SSSR count). The van der Waals surface area contributed by atoms with Crippen LogP contribution in [0.3, 0.4) is 0 Å². The highest BCUT2D eigenvalue weighted by atomic mass is 16.5. The Kier molecular flexibility index (Phi) is 6.91. The van der Waals surface area contributed by atoms with E-state index in [1.807, 2.05) is 24.3 Å². The molecule has 2 amide bonds. The summed E-state index contributed by atoms with van der Waals surface area (Å²) in [5.41, 5.74) is 5.03. The van der Waals surface area contributed by atoms with E-state index in [0.29, 0.717) is 17.4 Å². The molecule has 0 fully saturated rings. The standard InChI is InChI=1S/C20H23N3O3/c1-14(2)16-9-7-15(8-10-16)13-21-23-20(25)12-19(24)22-17-5-4-6-18(11-17)26-3/h4-11,13-14H,12H2,1-3H3,(H,22,24)(H,23,25). The van der Waals surface area contributed by atoms with E-state index in [1.165, 1.54) is 5.56 Å². The third-order valence-electron chi connectivity index (χ3n) is 3.68. The Labute approximate surface area is 153 Å². The van der Waals surface area contributed by atoms with Crippen LogP contribution in [-0.4, -0.2) is 25.1 Å². The molecule has 0 aliphatic rings. The quantitative estimate of drug-likeness (QED) is 0.455. The lowest BCUT2D eigenvalue weighted by Crippen LogP contribution is -2.24. The number of carbonyl (C=O) groups is 2. The van der Waals surface area contributed by atoms with Crippen molar-refractivity contribution in [2.45, 2.75) is 26.2 Å². The molecule has 0 radical (unpaired) electrons. The number of hydrogen-bond donors (Lipinski definition) is 2. The second-order valence-corrected chi connectivity index (χ2v) is 6.07. The van der Waals surface area contributed by atoms with Crippen LogP contribution in [0.2, 0.25) is 0 Å². The first-order valence-corrected chi connectivity index (χ1v) is 8.33. The Morgan fingerprint density at radius 3 is 2.50 bits per heavy atom. The normalized spacial score (nSPS) is 10.8. The summed E-state index contributed by atoms with van der Waals surface area (Å²) in [5.74, 6) is 0.178. The fourth-order valence-electron chi connectivity index (χ4n) is 2.24. The largest absolute Gasteiger partial charge is 0.497 e. The molecule has 0 aliphatic carbocycles. The minimum Gasteiger partial charge on any atom is -0.497 e. The van der Waals surface area contributed by atoms with Crippen LogP contribution in [-0.2, 0) is 9.59 Å². The molecule has 136 valence electrons. The van der Waals surface area contributed by atoms with Crippen molar-refractivity contribution in [1.82, 2.24) is 5.43 Å². The van der Waals surface area contributed by atoms with Crippen LogP contribution in [0.1, 0.15) is 37.3 Å². The summed E-state index contributed by atoms with van der Waals surface area (Å²) >= 11 is 0. The predicted molar refractivity (Wildman–Crippen MR) is 103 cm³/mol. The van der Waals surface area contributed by atoms with Crippen LogP contribution in [0.25, 0.3) is 0 Å². The summed E-state index contributed by atoms with van der Waals surface area (Å²) in [5, 5.41) is 6.52. The van der Waals surface area contributed by atoms with E-state index >= 15 is 0 Å².